The molecule has 0 spiro atoms. The van der Waals surface area contributed by atoms with Gasteiger partial charge >= 0.3 is 0 Å². The van der Waals surface area contributed by atoms with E-state index in [4.69, 9.17) is 4.74 Å². The van der Waals surface area contributed by atoms with Crippen LogP contribution >= 0.6 is 0 Å². The first kappa shape index (κ1) is 8.58. The van der Waals surface area contributed by atoms with Gasteiger partial charge in [-0.05, 0) is 5.41 Å². The van der Waals surface area contributed by atoms with Crippen LogP contribution in [0.25, 0.3) is 0 Å². The fraction of sp³-hybridized carbons (Fsp3) is 0.714. The van der Waals surface area contributed by atoms with Crippen molar-refractivity contribution < 1.29 is 4.74 Å². The third kappa shape index (κ3) is 7.58. The molecule has 1 nitrogen and oxygen atoms in total. The zero-order valence-electron chi connectivity index (χ0n) is 6.12. The molecule has 0 aliphatic rings. The van der Waals surface area contributed by atoms with E-state index < -0.39 is 0 Å². The highest BCUT2D eigenvalue weighted by molar-refractivity contribution is 6.22. The van der Waals surface area contributed by atoms with Crippen LogP contribution in [0.5, 0.6) is 0 Å². The zero-order valence-corrected chi connectivity index (χ0v) is 7.12. The van der Waals surface area contributed by atoms with Crippen LogP contribution in [-0.4, -0.2) is 16.8 Å². The van der Waals surface area contributed by atoms with Crippen molar-refractivity contribution in [1.29, 1.82) is 0 Å². The van der Waals surface area contributed by atoms with E-state index in [9.17, 15) is 0 Å². The molecule has 0 N–H and O–H groups in total. The molecule has 0 fully saturated rings. The van der Waals surface area contributed by atoms with Crippen LogP contribution in [0, 0.1) is 17.1 Å². The first-order chi connectivity index (χ1) is 4.06. The van der Waals surface area contributed by atoms with Gasteiger partial charge in [0.1, 0.15) is 12.7 Å². The summed E-state index contributed by atoms with van der Waals surface area (Å²) >= 11 is 0. The maximum Gasteiger partial charge on any atom is 0.152 e. The van der Waals surface area contributed by atoms with Crippen molar-refractivity contribution >= 4 is 10.2 Å². The highest BCUT2D eigenvalue weighted by atomic mass is 28.1. The molecule has 0 heterocycles. The molecule has 49 valence electrons. The van der Waals surface area contributed by atoms with Crippen molar-refractivity contribution in [2.24, 2.45) is 5.41 Å². The van der Waals surface area contributed by atoms with Gasteiger partial charge in [0, 0.05) is 0 Å². The maximum absolute atomic E-state index is 4.94. The number of ether oxygens (including phenoxy) is 1. The Balaban J connectivity index is 3.36. The molecule has 0 bridgehead atoms. The average Bonchev–Trinajstić information content (AvgIpc) is 1.63. The second kappa shape index (κ2) is 3.57. The molecule has 0 aromatic rings. The average molecular weight is 139 g/mol. The summed E-state index contributed by atoms with van der Waals surface area (Å²) < 4.78 is 4.94. The number of hydrogen-bond acceptors (Lipinski definition) is 1. The molecule has 9 heavy (non-hydrogen) atoms. The van der Waals surface area contributed by atoms with Gasteiger partial charge in [-0.25, -0.2) is 0 Å². The molecule has 0 amide bonds. The number of rotatable bonds is 1. The molecule has 0 aromatic heterocycles. The van der Waals surface area contributed by atoms with Gasteiger partial charge < -0.3 is 4.74 Å². The Morgan fingerprint density at radius 1 is 1.44 bits per heavy atom. The third-order valence-electron chi connectivity index (χ3n) is 0.628. The molecule has 0 unspecified atom stereocenters. The van der Waals surface area contributed by atoms with E-state index >= 15 is 0 Å². The summed E-state index contributed by atoms with van der Waals surface area (Å²) in [6.07, 6.45) is 2.47. The smallest absolute Gasteiger partial charge is 0.152 e. The summed E-state index contributed by atoms with van der Waals surface area (Å²) in [4.78, 5) is 0. The van der Waals surface area contributed by atoms with Crippen LogP contribution < -0.4 is 0 Å². The van der Waals surface area contributed by atoms with Gasteiger partial charge in [0.05, 0.1) is 0 Å². The fourth-order valence-electron chi connectivity index (χ4n) is 0.289. The van der Waals surface area contributed by atoms with Crippen LogP contribution in [-0.2, 0) is 4.74 Å². The van der Waals surface area contributed by atoms with Crippen molar-refractivity contribution in [1.82, 2.24) is 0 Å². The monoisotopic (exact) mass is 139 g/mol. The van der Waals surface area contributed by atoms with Gasteiger partial charge in [0.15, 0.2) is 10.2 Å². The SMILES string of the molecule is CC(C)(C)COC#C[Si]. The van der Waals surface area contributed by atoms with Crippen molar-refractivity contribution in [3.8, 4) is 11.7 Å². The molecule has 0 saturated heterocycles. The Morgan fingerprint density at radius 2 is 2.00 bits per heavy atom. The van der Waals surface area contributed by atoms with Gasteiger partial charge in [0.25, 0.3) is 0 Å². The minimum atomic E-state index is 0.204. The zero-order chi connectivity index (χ0) is 7.33. The lowest BCUT2D eigenvalue weighted by Crippen LogP contribution is -2.12. The number of hydrogen-bond donors (Lipinski definition) is 0. The summed E-state index contributed by atoms with van der Waals surface area (Å²) in [6.45, 7) is 6.97. The minimum absolute atomic E-state index is 0.204. The van der Waals surface area contributed by atoms with E-state index in [1.54, 1.807) is 0 Å². The van der Waals surface area contributed by atoms with E-state index in [0.717, 1.165) is 0 Å². The van der Waals surface area contributed by atoms with Crippen molar-refractivity contribution in [2.75, 3.05) is 6.61 Å². The Bertz CT molecular complexity index is 124. The molecule has 3 radical (unpaired) electrons. The Kier molecular flexibility index (Phi) is 3.41. The van der Waals surface area contributed by atoms with Gasteiger partial charge in [-0.2, -0.15) is 0 Å². The van der Waals surface area contributed by atoms with Crippen molar-refractivity contribution in [3.05, 3.63) is 0 Å². The molecule has 0 aliphatic carbocycles. The van der Waals surface area contributed by atoms with Crippen LogP contribution in [0.1, 0.15) is 20.8 Å². The molecule has 2 heteroatoms. The maximum atomic E-state index is 4.94. The van der Waals surface area contributed by atoms with Crippen LogP contribution in [0.3, 0.4) is 0 Å². The van der Waals surface area contributed by atoms with E-state index in [1.165, 1.54) is 0 Å². The first-order valence-corrected chi connectivity index (χ1v) is 3.35. The Hall–Kier alpha value is -0.423. The molecular formula is C7H11OSi. The molecule has 0 aromatic carbocycles. The predicted octanol–water partition coefficient (Wildman–Crippen LogP) is 1.14. The molecule has 0 aliphatic heterocycles. The molecule has 0 saturated carbocycles. The second-order valence-electron chi connectivity index (χ2n) is 3.08. The standard InChI is InChI=1S/C7H11OSi/c1-7(2,3)6-8-4-5-9/h6H2,1-3H3. The summed E-state index contributed by atoms with van der Waals surface area (Å²) in [7, 11) is 2.97. The largest absolute Gasteiger partial charge is 0.446 e. The van der Waals surface area contributed by atoms with E-state index in [2.05, 4.69) is 42.7 Å². The van der Waals surface area contributed by atoms with Gasteiger partial charge in [-0.1, -0.05) is 26.3 Å². The lowest BCUT2D eigenvalue weighted by molar-refractivity contribution is 0.170. The predicted molar refractivity (Wildman–Crippen MR) is 38.9 cm³/mol. The van der Waals surface area contributed by atoms with E-state index in [-0.39, 0.29) is 5.41 Å². The third-order valence-corrected chi connectivity index (χ3v) is 0.730. The highest BCUT2D eigenvalue weighted by Crippen LogP contribution is 2.11. The first-order valence-electron chi connectivity index (χ1n) is 2.85. The lowest BCUT2D eigenvalue weighted by atomic mass is 9.99. The van der Waals surface area contributed by atoms with E-state index in [1.807, 2.05) is 0 Å². The van der Waals surface area contributed by atoms with Gasteiger partial charge in [0.2, 0.25) is 0 Å². The summed E-state index contributed by atoms with van der Waals surface area (Å²) in [6, 6.07) is 0. The fourth-order valence-corrected chi connectivity index (χ4v) is 0.361. The Labute approximate surface area is 60.2 Å². The molecule has 0 rings (SSSR count). The van der Waals surface area contributed by atoms with Crippen molar-refractivity contribution in [3.63, 3.8) is 0 Å². The Morgan fingerprint density at radius 3 is 2.33 bits per heavy atom. The van der Waals surface area contributed by atoms with Crippen LogP contribution in [0.15, 0.2) is 0 Å². The van der Waals surface area contributed by atoms with Crippen molar-refractivity contribution in [2.45, 2.75) is 20.8 Å². The topological polar surface area (TPSA) is 9.23 Å². The van der Waals surface area contributed by atoms with Crippen LogP contribution in [0.4, 0.5) is 0 Å². The van der Waals surface area contributed by atoms with Gasteiger partial charge in [-0.3, -0.25) is 0 Å². The lowest BCUT2D eigenvalue weighted by Gasteiger charge is -2.14. The highest BCUT2D eigenvalue weighted by Gasteiger charge is 2.08. The van der Waals surface area contributed by atoms with E-state index in [0.29, 0.717) is 6.61 Å². The minimum Gasteiger partial charge on any atom is -0.446 e. The molecule has 0 atom stereocenters. The second-order valence-corrected chi connectivity index (χ2v) is 3.33. The summed E-state index contributed by atoms with van der Waals surface area (Å²) in [5.74, 6) is 0. The van der Waals surface area contributed by atoms with Crippen LogP contribution in [0.2, 0.25) is 0 Å². The summed E-state index contributed by atoms with van der Waals surface area (Å²) in [5.41, 5.74) is 2.68. The molecular weight excluding hydrogens is 128 g/mol. The normalized spacial score (nSPS) is 9.78. The quantitative estimate of drug-likeness (QED) is 0.391. The van der Waals surface area contributed by atoms with Gasteiger partial charge in [-0.15, -0.1) is 0 Å². The summed E-state index contributed by atoms with van der Waals surface area (Å²) in [5, 5.41) is 0.